The number of nitrogens with zero attached hydrogens (tertiary/aromatic N) is 3. The third kappa shape index (κ3) is 3.86. The topological polar surface area (TPSA) is 72.2 Å². The Balaban J connectivity index is 1.93. The van der Waals surface area contributed by atoms with Crippen molar-refractivity contribution in [3.63, 3.8) is 0 Å². The molecule has 0 amide bonds. The Labute approximate surface area is 118 Å². The first-order chi connectivity index (χ1) is 9.70. The lowest BCUT2D eigenvalue weighted by atomic mass is 10.1. The number of benzene rings is 1. The second kappa shape index (κ2) is 7.14. The second-order valence-electron chi connectivity index (χ2n) is 4.70. The van der Waals surface area contributed by atoms with E-state index in [0.29, 0.717) is 19.7 Å². The number of aromatic nitrogens is 3. The largest absolute Gasteiger partial charge is 0.389 e. The highest BCUT2D eigenvalue weighted by Crippen LogP contribution is 2.14. The summed E-state index contributed by atoms with van der Waals surface area (Å²) in [5.74, 6) is 0. The van der Waals surface area contributed by atoms with Gasteiger partial charge in [0.1, 0.15) is 12.7 Å². The average molecular weight is 276 g/mol. The van der Waals surface area contributed by atoms with Crippen LogP contribution in [0.3, 0.4) is 0 Å². The lowest BCUT2D eigenvalue weighted by Gasteiger charge is -2.12. The van der Waals surface area contributed by atoms with Crippen LogP contribution in [0.4, 0.5) is 0 Å². The normalized spacial score (nSPS) is 12.6. The quantitative estimate of drug-likeness (QED) is 0.778. The molecule has 2 rings (SSSR count). The van der Waals surface area contributed by atoms with Gasteiger partial charge >= 0.3 is 0 Å². The fourth-order valence-electron chi connectivity index (χ4n) is 2.05. The highest BCUT2D eigenvalue weighted by Gasteiger charge is 2.05. The summed E-state index contributed by atoms with van der Waals surface area (Å²) in [6, 6.07) is 6.17. The maximum Gasteiger partial charge on any atom is 0.138 e. The van der Waals surface area contributed by atoms with Crippen LogP contribution in [0.1, 0.15) is 11.1 Å². The van der Waals surface area contributed by atoms with Crippen molar-refractivity contribution >= 4 is 0 Å². The number of aryl methyl sites for hydroxylation is 1. The highest BCUT2D eigenvalue weighted by atomic mass is 16.5. The molecule has 0 radical (unpaired) electrons. The van der Waals surface area contributed by atoms with Crippen LogP contribution in [0, 0.1) is 6.92 Å². The first-order valence-corrected chi connectivity index (χ1v) is 6.53. The van der Waals surface area contributed by atoms with Gasteiger partial charge in [0, 0.05) is 20.2 Å². The van der Waals surface area contributed by atoms with Gasteiger partial charge < -0.3 is 15.2 Å². The number of methoxy groups -OCH3 is 1. The van der Waals surface area contributed by atoms with Crippen molar-refractivity contribution in [1.82, 2.24) is 20.1 Å². The zero-order valence-corrected chi connectivity index (χ0v) is 11.8. The Morgan fingerprint density at radius 2 is 2.30 bits per heavy atom. The number of ether oxygens (including phenoxy) is 1. The number of hydrogen-bond donors (Lipinski definition) is 2. The van der Waals surface area contributed by atoms with Crippen molar-refractivity contribution in [2.75, 3.05) is 20.3 Å². The van der Waals surface area contributed by atoms with Gasteiger partial charge in [0.05, 0.1) is 18.4 Å². The molecule has 0 saturated carbocycles. The van der Waals surface area contributed by atoms with Crippen LogP contribution in [0.2, 0.25) is 0 Å². The van der Waals surface area contributed by atoms with Crippen LogP contribution >= 0.6 is 0 Å². The van der Waals surface area contributed by atoms with E-state index in [1.54, 1.807) is 18.1 Å². The minimum atomic E-state index is -0.476. The molecular formula is C14H20N4O2. The highest BCUT2D eigenvalue weighted by molar-refractivity contribution is 5.41. The van der Waals surface area contributed by atoms with E-state index in [4.69, 9.17) is 4.74 Å². The van der Waals surface area contributed by atoms with Crippen molar-refractivity contribution in [1.29, 1.82) is 0 Å². The first kappa shape index (κ1) is 14.6. The Bertz CT molecular complexity index is 528. The molecule has 2 N–H and O–H groups in total. The van der Waals surface area contributed by atoms with Gasteiger partial charge in [-0.05, 0) is 24.1 Å². The number of aliphatic hydroxyl groups is 1. The summed E-state index contributed by atoms with van der Waals surface area (Å²) >= 11 is 0. The van der Waals surface area contributed by atoms with Gasteiger partial charge in [-0.3, -0.25) is 0 Å². The van der Waals surface area contributed by atoms with Crippen molar-refractivity contribution in [3.8, 4) is 5.69 Å². The summed E-state index contributed by atoms with van der Waals surface area (Å²) in [6.45, 7) is 3.61. The number of hydrogen-bond acceptors (Lipinski definition) is 5. The lowest BCUT2D eigenvalue weighted by molar-refractivity contribution is 0.0644. The van der Waals surface area contributed by atoms with Crippen LogP contribution in [-0.4, -0.2) is 46.2 Å². The molecule has 1 aromatic carbocycles. The summed E-state index contributed by atoms with van der Waals surface area (Å²) in [7, 11) is 1.58. The Morgan fingerprint density at radius 3 is 2.95 bits per heavy atom. The Kier molecular flexibility index (Phi) is 5.23. The zero-order valence-electron chi connectivity index (χ0n) is 11.8. The summed E-state index contributed by atoms with van der Waals surface area (Å²) in [6.07, 6.45) is 2.73. The molecule has 1 aromatic heterocycles. The summed E-state index contributed by atoms with van der Waals surface area (Å²) in [5.41, 5.74) is 3.31. The van der Waals surface area contributed by atoms with Gasteiger partial charge in [0.2, 0.25) is 0 Å². The smallest absolute Gasteiger partial charge is 0.138 e. The fraction of sp³-hybridized carbons (Fsp3) is 0.429. The Hall–Kier alpha value is -1.76. The van der Waals surface area contributed by atoms with Gasteiger partial charge in [-0.25, -0.2) is 9.67 Å². The van der Waals surface area contributed by atoms with E-state index in [2.05, 4.69) is 21.5 Å². The van der Waals surface area contributed by atoms with Crippen molar-refractivity contribution in [2.45, 2.75) is 19.6 Å². The monoisotopic (exact) mass is 276 g/mol. The molecule has 6 nitrogen and oxygen atoms in total. The lowest BCUT2D eigenvalue weighted by Crippen LogP contribution is -2.29. The molecule has 6 heteroatoms. The van der Waals surface area contributed by atoms with Crippen LogP contribution in [0.25, 0.3) is 5.69 Å². The fourth-order valence-corrected chi connectivity index (χ4v) is 2.05. The number of nitrogens with one attached hydrogen (secondary N) is 1. The maximum absolute atomic E-state index is 9.54. The molecule has 20 heavy (non-hydrogen) atoms. The predicted molar refractivity (Wildman–Crippen MR) is 75.7 cm³/mol. The SMILES string of the molecule is COCC(O)CNCc1ccc(-n2cncn2)c(C)c1. The molecule has 0 aliphatic carbocycles. The van der Waals surface area contributed by atoms with Crippen LogP contribution in [0.5, 0.6) is 0 Å². The first-order valence-electron chi connectivity index (χ1n) is 6.53. The standard InChI is InChI=1S/C14H20N4O2/c1-11-5-12(6-15-7-13(19)8-20-2)3-4-14(11)18-10-16-9-17-18/h3-5,9-10,13,15,19H,6-8H2,1-2H3. The van der Waals surface area contributed by atoms with E-state index >= 15 is 0 Å². The van der Waals surface area contributed by atoms with Crippen molar-refractivity contribution in [2.24, 2.45) is 0 Å². The second-order valence-corrected chi connectivity index (χ2v) is 4.70. The average Bonchev–Trinajstić information content (AvgIpc) is 2.93. The van der Waals surface area contributed by atoms with Gasteiger partial charge in [-0.1, -0.05) is 12.1 Å². The van der Waals surface area contributed by atoms with Crippen LogP contribution < -0.4 is 5.32 Å². The van der Waals surface area contributed by atoms with E-state index in [0.717, 1.165) is 16.8 Å². The van der Waals surface area contributed by atoms with E-state index in [1.807, 2.05) is 19.1 Å². The summed E-state index contributed by atoms with van der Waals surface area (Å²) in [4.78, 5) is 3.95. The van der Waals surface area contributed by atoms with E-state index < -0.39 is 6.10 Å². The predicted octanol–water partition coefficient (Wildman–Crippen LogP) is 0.673. The molecular weight excluding hydrogens is 256 g/mol. The zero-order chi connectivity index (χ0) is 14.4. The molecule has 0 bridgehead atoms. The molecule has 1 unspecified atom stereocenters. The molecule has 0 fully saturated rings. The Morgan fingerprint density at radius 1 is 1.45 bits per heavy atom. The van der Waals surface area contributed by atoms with Gasteiger partial charge in [0.25, 0.3) is 0 Å². The molecule has 0 aliphatic rings. The number of rotatable bonds is 7. The van der Waals surface area contributed by atoms with Crippen molar-refractivity contribution < 1.29 is 9.84 Å². The number of aliphatic hydroxyl groups excluding tert-OH is 1. The van der Waals surface area contributed by atoms with Crippen LogP contribution in [-0.2, 0) is 11.3 Å². The minimum absolute atomic E-state index is 0.345. The molecule has 1 heterocycles. The van der Waals surface area contributed by atoms with E-state index in [-0.39, 0.29) is 0 Å². The van der Waals surface area contributed by atoms with E-state index in [9.17, 15) is 5.11 Å². The van der Waals surface area contributed by atoms with Gasteiger partial charge in [-0.2, -0.15) is 5.10 Å². The van der Waals surface area contributed by atoms with E-state index in [1.165, 1.54) is 6.33 Å². The van der Waals surface area contributed by atoms with Crippen molar-refractivity contribution in [3.05, 3.63) is 42.0 Å². The maximum atomic E-state index is 9.54. The molecule has 1 atom stereocenters. The van der Waals surface area contributed by atoms with Gasteiger partial charge in [-0.15, -0.1) is 0 Å². The molecule has 0 spiro atoms. The summed E-state index contributed by atoms with van der Waals surface area (Å²) < 4.78 is 6.62. The molecule has 0 saturated heterocycles. The van der Waals surface area contributed by atoms with Gasteiger partial charge in [0.15, 0.2) is 0 Å². The molecule has 0 aliphatic heterocycles. The third-order valence-corrected chi connectivity index (χ3v) is 2.99. The summed E-state index contributed by atoms with van der Waals surface area (Å²) in [5, 5.41) is 16.9. The third-order valence-electron chi connectivity index (χ3n) is 2.99. The molecule has 2 aromatic rings. The minimum Gasteiger partial charge on any atom is -0.389 e. The molecule has 108 valence electrons. The van der Waals surface area contributed by atoms with Crippen LogP contribution in [0.15, 0.2) is 30.9 Å².